The Morgan fingerprint density at radius 3 is 2.94 bits per heavy atom. The molecular weight excluding hydrogens is 238 g/mol. The summed E-state index contributed by atoms with van der Waals surface area (Å²) in [7, 11) is 0. The number of thioether (sulfide) groups is 1. The van der Waals surface area contributed by atoms with Crippen LogP contribution in [-0.2, 0) is 9.59 Å². The zero-order valence-corrected chi connectivity index (χ0v) is 10.7. The van der Waals surface area contributed by atoms with E-state index < -0.39 is 0 Å². The van der Waals surface area contributed by atoms with E-state index in [1.165, 1.54) is 0 Å². The molecule has 1 atom stereocenters. The van der Waals surface area contributed by atoms with E-state index in [1.807, 2.05) is 4.90 Å². The van der Waals surface area contributed by atoms with Crippen LogP contribution < -0.4 is 5.73 Å². The maximum absolute atomic E-state index is 12.1. The first-order chi connectivity index (χ1) is 8.22. The molecule has 2 fully saturated rings. The highest BCUT2D eigenvalue weighted by molar-refractivity contribution is 8.00. The second kappa shape index (κ2) is 5.73. The summed E-state index contributed by atoms with van der Waals surface area (Å²) in [5.41, 5.74) is 5.69. The molecule has 6 heteroatoms. The summed E-state index contributed by atoms with van der Waals surface area (Å²) in [6, 6.07) is 0.168. The van der Waals surface area contributed by atoms with Crippen molar-refractivity contribution in [3.63, 3.8) is 0 Å². The van der Waals surface area contributed by atoms with Gasteiger partial charge in [-0.05, 0) is 19.3 Å². The summed E-state index contributed by atoms with van der Waals surface area (Å²) in [5.74, 6) is 1.28. The van der Waals surface area contributed by atoms with Gasteiger partial charge in [-0.1, -0.05) is 0 Å². The molecular formula is C11H19N3O2S. The van der Waals surface area contributed by atoms with E-state index in [1.54, 1.807) is 16.7 Å². The van der Waals surface area contributed by atoms with Crippen molar-refractivity contribution in [3.8, 4) is 0 Å². The summed E-state index contributed by atoms with van der Waals surface area (Å²) in [4.78, 5) is 27.1. The van der Waals surface area contributed by atoms with Gasteiger partial charge < -0.3 is 15.5 Å². The molecule has 1 unspecified atom stereocenters. The Morgan fingerprint density at radius 1 is 1.47 bits per heavy atom. The molecule has 0 aromatic carbocycles. The average molecular weight is 257 g/mol. The number of amides is 2. The molecule has 0 saturated carbocycles. The fourth-order valence-electron chi connectivity index (χ4n) is 2.37. The molecule has 96 valence electrons. The smallest absolute Gasteiger partial charge is 0.242 e. The molecule has 2 heterocycles. The molecule has 17 heavy (non-hydrogen) atoms. The van der Waals surface area contributed by atoms with Crippen LogP contribution in [0.1, 0.15) is 19.3 Å². The normalized spacial score (nSPS) is 25.5. The number of rotatable bonds is 3. The molecule has 2 aliphatic heterocycles. The van der Waals surface area contributed by atoms with Gasteiger partial charge in [0.1, 0.15) is 6.54 Å². The van der Waals surface area contributed by atoms with Crippen LogP contribution in [-0.4, -0.2) is 58.9 Å². The highest BCUT2D eigenvalue weighted by Gasteiger charge is 2.29. The molecule has 0 radical (unpaired) electrons. The standard InChI is InChI=1S/C11H19N3O2S/c12-5-9-3-1-2-4-14(9)10(15)6-13-8-17-7-11(13)16/h9H,1-8,12H2. The van der Waals surface area contributed by atoms with Crippen LogP contribution in [0.15, 0.2) is 0 Å². The predicted molar refractivity (Wildman–Crippen MR) is 67.4 cm³/mol. The SMILES string of the molecule is NCC1CCCCN1C(=O)CN1CSCC1=O. The third-order valence-electron chi connectivity index (χ3n) is 3.37. The van der Waals surface area contributed by atoms with Gasteiger partial charge in [0.05, 0.1) is 11.6 Å². The van der Waals surface area contributed by atoms with E-state index in [2.05, 4.69) is 0 Å². The van der Waals surface area contributed by atoms with Crippen LogP contribution >= 0.6 is 11.8 Å². The lowest BCUT2D eigenvalue weighted by Gasteiger charge is -2.35. The predicted octanol–water partition coefficient (Wildman–Crippen LogP) is -0.141. The molecule has 5 nitrogen and oxygen atoms in total. The zero-order chi connectivity index (χ0) is 12.3. The minimum Gasteiger partial charge on any atom is -0.337 e. The first-order valence-corrected chi connectivity index (χ1v) is 7.23. The van der Waals surface area contributed by atoms with E-state index in [0.29, 0.717) is 18.2 Å². The second-order valence-electron chi connectivity index (χ2n) is 4.54. The molecule has 0 aromatic rings. The van der Waals surface area contributed by atoms with Crippen LogP contribution in [0.25, 0.3) is 0 Å². The number of nitrogens with zero attached hydrogens (tertiary/aromatic N) is 2. The van der Waals surface area contributed by atoms with Gasteiger partial charge in [-0.2, -0.15) is 0 Å². The summed E-state index contributed by atoms with van der Waals surface area (Å²) >= 11 is 1.57. The number of carbonyl (C=O) groups is 2. The lowest BCUT2D eigenvalue weighted by atomic mass is 10.0. The van der Waals surface area contributed by atoms with Gasteiger partial charge in [-0.3, -0.25) is 9.59 Å². The third-order valence-corrected chi connectivity index (χ3v) is 4.32. The van der Waals surface area contributed by atoms with Gasteiger partial charge in [0.2, 0.25) is 11.8 Å². The summed E-state index contributed by atoms with van der Waals surface area (Å²) in [6.45, 7) is 1.53. The van der Waals surface area contributed by atoms with Crippen molar-refractivity contribution in [2.75, 3.05) is 31.3 Å². The van der Waals surface area contributed by atoms with Crippen molar-refractivity contribution in [3.05, 3.63) is 0 Å². The minimum absolute atomic E-state index is 0.0519. The van der Waals surface area contributed by atoms with E-state index >= 15 is 0 Å². The molecule has 2 aliphatic rings. The average Bonchev–Trinajstić information content (AvgIpc) is 2.75. The Morgan fingerprint density at radius 2 is 2.29 bits per heavy atom. The van der Waals surface area contributed by atoms with Crippen LogP contribution in [0.5, 0.6) is 0 Å². The van der Waals surface area contributed by atoms with Gasteiger partial charge >= 0.3 is 0 Å². The Hall–Kier alpha value is -0.750. The first kappa shape index (κ1) is 12.7. The monoisotopic (exact) mass is 257 g/mol. The Balaban J connectivity index is 1.91. The molecule has 2 saturated heterocycles. The number of hydrogen-bond donors (Lipinski definition) is 1. The number of carbonyl (C=O) groups excluding carboxylic acids is 2. The summed E-state index contributed by atoms with van der Waals surface area (Å²) in [6.07, 6.45) is 3.18. The maximum atomic E-state index is 12.1. The maximum Gasteiger partial charge on any atom is 0.242 e. The van der Waals surface area contributed by atoms with Crippen LogP contribution in [0.2, 0.25) is 0 Å². The quantitative estimate of drug-likeness (QED) is 0.764. The fourth-order valence-corrected chi connectivity index (χ4v) is 3.27. The molecule has 0 bridgehead atoms. The second-order valence-corrected chi connectivity index (χ2v) is 5.50. The third kappa shape index (κ3) is 2.93. The highest BCUT2D eigenvalue weighted by atomic mass is 32.2. The van der Waals surface area contributed by atoms with E-state index in [-0.39, 0.29) is 24.4 Å². The molecule has 2 N–H and O–H groups in total. The van der Waals surface area contributed by atoms with E-state index in [0.717, 1.165) is 25.8 Å². The van der Waals surface area contributed by atoms with Crippen molar-refractivity contribution >= 4 is 23.6 Å². The molecule has 2 amide bonds. The van der Waals surface area contributed by atoms with Gasteiger partial charge in [0, 0.05) is 19.1 Å². The van der Waals surface area contributed by atoms with Crippen LogP contribution in [0, 0.1) is 0 Å². The van der Waals surface area contributed by atoms with E-state index in [4.69, 9.17) is 5.73 Å². The number of piperidine rings is 1. The molecule has 0 aromatic heterocycles. The Labute approximate surface area is 106 Å². The Bertz CT molecular complexity index is 311. The Kier molecular flexibility index (Phi) is 4.28. The molecule has 2 rings (SSSR count). The number of likely N-dealkylation sites (tertiary alicyclic amines) is 1. The summed E-state index contributed by atoms with van der Waals surface area (Å²) < 4.78 is 0. The van der Waals surface area contributed by atoms with Crippen molar-refractivity contribution in [1.82, 2.24) is 9.80 Å². The number of nitrogens with two attached hydrogens (primary N) is 1. The van der Waals surface area contributed by atoms with Crippen molar-refractivity contribution in [2.45, 2.75) is 25.3 Å². The van der Waals surface area contributed by atoms with Gasteiger partial charge in [0.25, 0.3) is 0 Å². The van der Waals surface area contributed by atoms with Crippen LogP contribution in [0.3, 0.4) is 0 Å². The first-order valence-electron chi connectivity index (χ1n) is 6.07. The van der Waals surface area contributed by atoms with Crippen molar-refractivity contribution in [2.24, 2.45) is 5.73 Å². The lowest BCUT2D eigenvalue weighted by molar-refractivity contribution is -0.140. The molecule has 0 aliphatic carbocycles. The lowest BCUT2D eigenvalue weighted by Crippen LogP contribution is -2.50. The minimum atomic E-state index is 0.0519. The van der Waals surface area contributed by atoms with Gasteiger partial charge in [-0.15, -0.1) is 11.8 Å². The highest BCUT2D eigenvalue weighted by Crippen LogP contribution is 2.19. The fraction of sp³-hybridized carbons (Fsp3) is 0.818. The van der Waals surface area contributed by atoms with Crippen LogP contribution in [0.4, 0.5) is 0 Å². The summed E-state index contributed by atoms with van der Waals surface area (Å²) in [5, 5.41) is 0. The largest absolute Gasteiger partial charge is 0.337 e. The molecule has 0 spiro atoms. The number of hydrogen-bond acceptors (Lipinski definition) is 4. The van der Waals surface area contributed by atoms with Gasteiger partial charge in [0.15, 0.2) is 0 Å². The van der Waals surface area contributed by atoms with Crippen molar-refractivity contribution < 1.29 is 9.59 Å². The van der Waals surface area contributed by atoms with E-state index in [9.17, 15) is 9.59 Å². The zero-order valence-electron chi connectivity index (χ0n) is 9.93. The topological polar surface area (TPSA) is 66.6 Å². The van der Waals surface area contributed by atoms with Crippen molar-refractivity contribution in [1.29, 1.82) is 0 Å². The van der Waals surface area contributed by atoms with Gasteiger partial charge in [-0.25, -0.2) is 0 Å².